The van der Waals surface area contributed by atoms with Crippen LogP contribution >= 0.6 is 0 Å². The fraction of sp³-hybridized carbons (Fsp3) is 0.533. The van der Waals surface area contributed by atoms with Gasteiger partial charge in [-0.25, -0.2) is 4.79 Å². The first-order valence-corrected chi connectivity index (χ1v) is 6.73. The number of carbonyl (C=O) groups excluding carboxylic acids is 1. The van der Waals surface area contributed by atoms with Gasteiger partial charge < -0.3 is 15.2 Å². The molecule has 3 N–H and O–H groups in total. The van der Waals surface area contributed by atoms with E-state index >= 15 is 0 Å². The van der Waals surface area contributed by atoms with E-state index in [4.69, 9.17) is 15.2 Å². The summed E-state index contributed by atoms with van der Waals surface area (Å²) in [4.78, 5) is 11.8. The Morgan fingerprint density at radius 1 is 1.40 bits per heavy atom. The lowest BCUT2D eigenvalue weighted by Gasteiger charge is -2.20. The van der Waals surface area contributed by atoms with Crippen molar-refractivity contribution in [3.8, 4) is 5.75 Å². The first kappa shape index (κ1) is 14.7. The van der Waals surface area contributed by atoms with E-state index in [0.717, 1.165) is 17.7 Å². The topological polar surface area (TPSA) is 73.6 Å². The van der Waals surface area contributed by atoms with Gasteiger partial charge in [-0.3, -0.25) is 5.32 Å². The van der Waals surface area contributed by atoms with E-state index in [1.807, 2.05) is 32.9 Å². The average molecular weight is 278 g/mol. The molecule has 5 heteroatoms. The van der Waals surface area contributed by atoms with Crippen molar-refractivity contribution in [1.29, 1.82) is 0 Å². The number of rotatable bonds is 3. The molecular weight excluding hydrogens is 256 g/mol. The van der Waals surface area contributed by atoms with Crippen LogP contribution in [0, 0.1) is 0 Å². The number of benzene rings is 1. The highest BCUT2D eigenvalue weighted by Gasteiger charge is 2.37. The second kappa shape index (κ2) is 5.32. The van der Waals surface area contributed by atoms with Crippen molar-refractivity contribution in [3.63, 3.8) is 0 Å². The standard InChI is InChI=1S/C15H22N2O3/c1-15(2,3)20-14(18)17-9-5-6-13(19-4)11(7-9)10-8-12(10)16/h5-7,10,12H,8,16H2,1-4H3,(H,17,18)/t10-,12+/m0/s1. The summed E-state index contributed by atoms with van der Waals surface area (Å²) in [5.74, 6) is 1.11. The van der Waals surface area contributed by atoms with E-state index in [1.54, 1.807) is 13.2 Å². The number of carbonyl (C=O) groups is 1. The Morgan fingerprint density at radius 2 is 2.05 bits per heavy atom. The molecule has 0 saturated heterocycles. The van der Waals surface area contributed by atoms with Gasteiger partial charge >= 0.3 is 6.09 Å². The fourth-order valence-electron chi connectivity index (χ4n) is 2.10. The molecule has 0 spiro atoms. The molecule has 1 aromatic carbocycles. The second-order valence-electron chi connectivity index (χ2n) is 6.09. The maximum atomic E-state index is 11.8. The Kier molecular flexibility index (Phi) is 3.90. The molecule has 0 radical (unpaired) electrons. The van der Waals surface area contributed by atoms with Crippen molar-refractivity contribution in [2.75, 3.05) is 12.4 Å². The largest absolute Gasteiger partial charge is 0.496 e. The van der Waals surface area contributed by atoms with Gasteiger partial charge in [0.1, 0.15) is 11.4 Å². The number of methoxy groups -OCH3 is 1. The van der Waals surface area contributed by atoms with Crippen LogP contribution in [0.1, 0.15) is 38.7 Å². The Balaban J connectivity index is 2.11. The molecule has 1 amide bonds. The van der Waals surface area contributed by atoms with Gasteiger partial charge in [0.15, 0.2) is 0 Å². The lowest BCUT2D eigenvalue weighted by molar-refractivity contribution is 0.0636. The number of hydrogen-bond donors (Lipinski definition) is 2. The third kappa shape index (κ3) is 3.63. The zero-order valence-corrected chi connectivity index (χ0v) is 12.4. The highest BCUT2D eigenvalue weighted by atomic mass is 16.6. The Hall–Kier alpha value is -1.75. The van der Waals surface area contributed by atoms with Crippen LogP contribution in [-0.2, 0) is 4.74 Å². The van der Waals surface area contributed by atoms with Crippen molar-refractivity contribution in [2.24, 2.45) is 5.73 Å². The van der Waals surface area contributed by atoms with E-state index in [0.29, 0.717) is 11.6 Å². The zero-order chi connectivity index (χ0) is 14.9. The van der Waals surface area contributed by atoms with Gasteiger partial charge in [0, 0.05) is 23.2 Å². The molecule has 0 unspecified atom stereocenters. The summed E-state index contributed by atoms with van der Waals surface area (Å²) in [6.07, 6.45) is 0.486. The van der Waals surface area contributed by atoms with Crippen LogP contribution in [0.2, 0.25) is 0 Å². The summed E-state index contributed by atoms with van der Waals surface area (Å²) in [6, 6.07) is 5.72. The van der Waals surface area contributed by atoms with Crippen LogP contribution in [0.25, 0.3) is 0 Å². The van der Waals surface area contributed by atoms with Crippen molar-refractivity contribution in [2.45, 2.75) is 44.8 Å². The first-order valence-electron chi connectivity index (χ1n) is 6.73. The van der Waals surface area contributed by atoms with Gasteiger partial charge in [-0.05, 0) is 45.4 Å². The molecule has 1 fully saturated rings. The van der Waals surface area contributed by atoms with Gasteiger partial charge in [0.2, 0.25) is 0 Å². The predicted molar refractivity (Wildman–Crippen MR) is 78.2 cm³/mol. The highest BCUT2D eigenvalue weighted by molar-refractivity contribution is 5.85. The van der Waals surface area contributed by atoms with E-state index in [-0.39, 0.29) is 6.04 Å². The SMILES string of the molecule is COc1ccc(NC(=O)OC(C)(C)C)cc1[C@@H]1C[C@H]1N. The van der Waals surface area contributed by atoms with Crippen molar-refractivity contribution >= 4 is 11.8 Å². The van der Waals surface area contributed by atoms with E-state index in [1.165, 1.54) is 0 Å². The summed E-state index contributed by atoms with van der Waals surface area (Å²) in [7, 11) is 1.63. The number of nitrogens with two attached hydrogens (primary N) is 1. The summed E-state index contributed by atoms with van der Waals surface area (Å²) in [6.45, 7) is 5.49. The first-order chi connectivity index (χ1) is 9.30. The minimum absolute atomic E-state index is 0.181. The van der Waals surface area contributed by atoms with Crippen LogP contribution in [0.5, 0.6) is 5.75 Å². The molecule has 20 heavy (non-hydrogen) atoms. The molecule has 1 aliphatic rings. The van der Waals surface area contributed by atoms with E-state index in [9.17, 15) is 4.79 Å². The lowest BCUT2D eigenvalue weighted by atomic mass is 10.1. The van der Waals surface area contributed by atoms with E-state index in [2.05, 4.69) is 5.32 Å². The minimum Gasteiger partial charge on any atom is -0.496 e. The molecule has 5 nitrogen and oxygen atoms in total. The number of hydrogen-bond acceptors (Lipinski definition) is 4. The third-order valence-corrected chi connectivity index (χ3v) is 3.11. The van der Waals surface area contributed by atoms with Gasteiger partial charge in [-0.1, -0.05) is 0 Å². The number of nitrogens with one attached hydrogen (secondary N) is 1. The molecule has 2 atom stereocenters. The van der Waals surface area contributed by atoms with Crippen LogP contribution in [0.4, 0.5) is 10.5 Å². The number of anilines is 1. The average Bonchev–Trinajstić information content (AvgIpc) is 3.03. The Morgan fingerprint density at radius 3 is 2.55 bits per heavy atom. The number of ether oxygens (including phenoxy) is 2. The fourth-order valence-corrected chi connectivity index (χ4v) is 2.10. The molecular formula is C15H22N2O3. The second-order valence-corrected chi connectivity index (χ2v) is 6.09. The summed E-state index contributed by atoms with van der Waals surface area (Å²) < 4.78 is 10.6. The quantitative estimate of drug-likeness (QED) is 0.891. The Labute approximate surface area is 119 Å². The number of amides is 1. The molecule has 0 aromatic heterocycles. The molecule has 0 bridgehead atoms. The van der Waals surface area contributed by atoms with Gasteiger partial charge in [-0.15, -0.1) is 0 Å². The van der Waals surface area contributed by atoms with Gasteiger partial charge in [0.05, 0.1) is 7.11 Å². The molecule has 1 saturated carbocycles. The van der Waals surface area contributed by atoms with Gasteiger partial charge in [-0.2, -0.15) is 0 Å². The van der Waals surface area contributed by atoms with Crippen LogP contribution in [0.15, 0.2) is 18.2 Å². The normalized spacial score (nSPS) is 21.2. The van der Waals surface area contributed by atoms with Crippen LogP contribution < -0.4 is 15.8 Å². The highest BCUT2D eigenvalue weighted by Crippen LogP contribution is 2.44. The van der Waals surface area contributed by atoms with E-state index < -0.39 is 11.7 Å². The maximum absolute atomic E-state index is 11.8. The van der Waals surface area contributed by atoms with Gasteiger partial charge in [0.25, 0.3) is 0 Å². The monoisotopic (exact) mass is 278 g/mol. The molecule has 0 heterocycles. The van der Waals surface area contributed by atoms with Crippen molar-refractivity contribution in [1.82, 2.24) is 0 Å². The molecule has 0 aliphatic heterocycles. The molecule has 2 rings (SSSR count). The summed E-state index contributed by atoms with van der Waals surface area (Å²) >= 11 is 0. The Bertz CT molecular complexity index is 508. The molecule has 1 aliphatic carbocycles. The van der Waals surface area contributed by atoms with Crippen molar-refractivity contribution < 1.29 is 14.3 Å². The zero-order valence-electron chi connectivity index (χ0n) is 12.4. The van der Waals surface area contributed by atoms with Crippen LogP contribution in [0.3, 0.4) is 0 Å². The maximum Gasteiger partial charge on any atom is 0.412 e. The predicted octanol–water partition coefficient (Wildman–Crippen LogP) is 2.86. The molecule has 1 aromatic rings. The van der Waals surface area contributed by atoms with Crippen molar-refractivity contribution in [3.05, 3.63) is 23.8 Å². The smallest absolute Gasteiger partial charge is 0.412 e. The lowest BCUT2D eigenvalue weighted by Crippen LogP contribution is -2.27. The molecule has 110 valence electrons. The summed E-state index contributed by atoms with van der Waals surface area (Å²) in [5.41, 5.74) is 7.10. The van der Waals surface area contributed by atoms with Crippen LogP contribution in [-0.4, -0.2) is 24.8 Å². The minimum atomic E-state index is -0.516. The summed E-state index contributed by atoms with van der Waals surface area (Å²) in [5, 5.41) is 2.73. The third-order valence-electron chi connectivity index (χ3n) is 3.11.